The fourth-order valence-corrected chi connectivity index (χ4v) is 3.14. The molecule has 0 fully saturated rings. The standard InChI is InChI=1S/C23H24N2O3/c1-4-11-20-18-14-9-10-15-19(18)22(28-16-17-12-7-6-8-13-17)21(23(26)27-3)25(20)24-5-2/h5-15H,4,16H2,1-3H3/b20-11+,24-5-. The molecule has 5 heteroatoms. The Balaban J connectivity index is 2.17. The molecule has 0 atom stereocenters. The highest BCUT2D eigenvalue weighted by Gasteiger charge is 2.34. The van der Waals surface area contributed by atoms with Gasteiger partial charge in [-0.15, -0.1) is 0 Å². The van der Waals surface area contributed by atoms with Crippen molar-refractivity contribution >= 4 is 23.6 Å². The molecule has 5 nitrogen and oxygen atoms in total. The first-order valence-corrected chi connectivity index (χ1v) is 9.29. The Bertz CT molecular complexity index is 930. The fraction of sp³-hybridized carbons (Fsp3) is 0.217. The summed E-state index contributed by atoms with van der Waals surface area (Å²) in [6, 6.07) is 17.7. The van der Waals surface area contributed by atoms with Crippen molar-refractivity contribution in [3.8, 4) is 0 Å². The van der Waals surface area contributed by atoms with Gasteiger partial charge in [0.15, 0.2) is 11.5 Å². The number of rotatable bonds is 6. The summed E-state index contributed by atoms with van der Waals surface area (Å²) in [6.45, 7) is 4.19. The van der Waals surface area contributed by atoms with Gasteiger partial charge in [-0.2, -0.15) is 5.10 Å². The quantitative estimate of drug-likeness (QED) is 0.536. The number of carbonyl (C=O) groups is 1. The molecule has 1 aliphatic rings. The summed E-state index contributed by atoms with van der Waals surface area (Å²) in [7, 11) is 1.36. The van der Waals surface area contributed by atoms with E-state index in [4.69, 9.17) is 9.47 Å². The first-order valence-electron chi connectivity index (χ1n) is 9.29. The number of hydrogen-bond donors (Lipinski definition) is 0. The third-order valence-electron chi connectivity index (χ3n) is 4.34. The Morgan fingerprint density at radius 3 is 2.39 bits per heavy atom. The summed E-state index contributed by atoms with van der Waals surface area (Å²) in [6.07, 6.45) is 4.49. The van der Waals surface area contributed by atoms with Crippen molar-refractivity contribution in [2.45, 2.75) is 26.9 Å². The van der Waals surface area contributed by atoms with Gasteiger partial charge >= 0.3 is 5.97 Å². The second-order valence-corrected chi connectivity index (χ2v) is 6.17. The topological polar surface area (TPSA) is 51.1 Å². The predicted octanol–water partition coefficient (Wildman–Crippen LogP) is 4.82. The molecule has 3 rings (SSSR count). The number of allylic oxidation sites excluding steroid dienone is 1. The number of fused-ring (bicyclic) bond motifs is 1. The SMILES string of the molecule is C/C=N\N1C(C(=O)OC)=C(OCc2ccccc2)c2ccccc2/C1=C\CC. The second kappa shape index (κ2) is 9.04. The van der Waals surface area contributed by atoms with Crippen LogP contribution in [0.25, 0.3) is 11.5 Å². The van der Waals surface area contributed by atoms with Gasteiger partial charge in [-0.05, 0) is 18.9 Å². The molecule has 0 aliphatic carbocycles. The van der Waals surface area contributed by atoms with Crippen molar-refractivity contribution in [3.63, 3.8) is 0 Å². The van der Waals surface area contributed by atoms with E-state index in [9.17, 15) is 4.79 Å². The van der Waals surface area contributed by atoms with Crippen LogP contribution in [0.2, 0.25) is 0 Å². The highest BCUT2D eigenvalue weighted by molar-refractivity contribution is 6.01. The van der Waals surface area contributed by atoms with Crippen molar-refractivity contribution in [2.24, 2.45) is 5.10 Å². The zero-order valence-electron chi connectivity index (χ0n) is 16.4. The van der Waals surface area contributed by atoms with E-state index in [1.54, 1.807) is 11.2 Å². The average molecular weight is 376 g/mol. The van der Waals surface area contributed by atoms with E-state index in [2.05, 4.69) is 5.10 Å². The zero-order valence-corrected chi connectivity index (χ0v) is 16.4. The molecule has 0 unspecified atom stereocenters. The molecular formula is C23H24N2O3. The first-order chi connectivity index (χ1) is 13.7. The minimum absolute atomic E-state index is 0.273. The normalized spacial score (nSPS) is 15.1. The monoisotopic (exact) mass is 376 g/mol. The number of benzene rings is 2. The molecule has 1 aliphatic heterocycles. The van der Waals surface area contributed by atoms with Crippen LogP contribution in [0.15, 0.2) is 71.5 Å². The maximum absolute atomic E-state index is 12.7. The highest BCUT2D eigenvalue weighted by Crippen LogP contribution is 2.40. The van der Waals surface area contributed by atoms with Gasteiger partial charge in [0.1, 0.15) is 6.61 Å². The van der Waals surface area contributed by atoms with Crippen LogP contribution in [0.3, 0.4) is 0 Å². The minimum Gasteiger partial charge on any atom is -0.486 e. The van der Waals surface area contributed by atoms with Crippen LogP contribution in [-0.2, 0) is 20.9 Å². The van der Waals surface area contributed by atoms with Crippen molar-refractivity contribution in [3.05, 3.63) is 83.1 Å². The molecule has 0 radical (unpaired) electrons. The number of carbonyl (C=O) groups excluding carboxylic acids is 1. The smallest absolute Gasteiger partial charge is 0.360 e. The van der Waals surface area contributed by atoms with Crippen molar-refractivity contribution < 1.29 is 14.3 Å². The third-order valence-corrected chi connectivity index (χ3v) is 4.34. The summed E-state index contributed by atoms with van der Waals surface area (Å²) in [5.41, 5.74) is 3.93. The molecule has 2 aromatic rings. The van der Waals surface area contributed by atoms with Crippen LogP contribution in [0.1, 0.15) is 37.0 Å². The van der Waals surface area contributed by atoms with Crippen molar-refractivity contribution in [1.29, 1.82) is 0 Å². The number of hydrogen-bond acceptors (Lipinski definition) is 5. The summed E-state index contributed by atoms with van der Waals surface area (Å²) >= 11 is 0. The van der Waals surface area contributed by atoms with E-state index in [-0.39, 0.29) is 5.70 Å². The van der Waals surface area contributed by atoms with Gasteiger partial charge < -0.3 is 9.47 Å². The molecule has 0 N–H and O–H groups in total. The van der Waals surface area contributed by atoms with E-state index in [0.717, 1.165) is 28.8 Å². The lowest BCUT2D eigenvalue weighted by Crippen LogP contribution is -2.29. The molecule has 0 aromatic heterocycles. The number of hydrazone groups is 1. The zero-order chi connectivity index (χ0) is 19.9. The summed E-state index contributed by atoms with van der Waals surface area (Å²) in [5.74, 6) is -0.0321. The van der Waals surface area contributed by atoms with Gasteiger partial charge in [-0.25, -0.2) is 9.80 Å². The second-order valence-electron chi connectivity index (χ2n) is 6.17. The molecular weight excluding hydrogens is 352 g/mol. The van der Waals surface area contributed by atoms with Gasteiger partial charge in [0.25, 0.3) is 0 Å². The number of methoxy groups -OCH3 is 1. The number of esters is 1. The van der Waals surface area contributed by atoms with Gasteiger partial charge in [0.05, 0.1) is 12.8 Å². The van der Waals surface area contributed by atoms with E-state index in [1.807, 2.05) is 74.5 Å². The average Bonchev–Trinajstić information content (AvgIpc) is 2.74. The van der Waals surface area contributed by atoms with Crippen LogP contribution in [0.4, 0.5) is 0 Å². The molecule has 2 aromatic carbocycles. The summed E-state index contributed by atoms with van der Waals surface area (Å²) in [5, 5.41) is 6.05. The van der Waals surface area contributed by atoms with Crippen LogP contribution in [0, 0.1) is 0 Å². The number of nitrogens with zero attached hydrogens (tertiary/aromatic N) is 2. The van der Waals surface area contributed by atoms with Crippen molar-refractivity contribution in [2.75, 3.05) is 7.11 Å². The van der Waals surface area contributed by atoms with Crippen LogP contribution in [0.5, 0.6) is 0 Å². The fourth-order valence-electron chi connectivity index (χ4n) is 3.14. The third kappa shape index (κ3) is 3.83. The maximum Gasteiger partial charge on any atom is 0.360 e. The van der Waals surface area contributed by atoms with Crippen LogP contribution >= 0.6 is 0 Å². The molecule has 0 saturated heterocycles. The molecule has 0 amide bonds. The summed E-state index contributed by atoms with van der Waals surface area (Å²) in [4.78, 5) is 12.7. The molecule has 28 heavy (non-hydrogen) atoms. The van der Waals surface area contributed by atoms with E-state index in [0.29, 0.717) is 12.4 Å². The number of ether oxygens (including phenoxy) is 2. The predicted molar refractivity (Wildman–Crippen MR) is 111 cm³/mol. The van der Waals surface area contributed by atoms with E-state index >= 15 is 0 Å². The van der Waals surface area contributed by atoms with Crippen LogP contribution in [-0.4, -0.2) is 24.3 Å². The lowest BCUT2D eigenvalue weighted by atomic mass is 9.96. The van der Waals surface area contributed by atoms with E-state index in [1.165, 1.54) is 7.11 Å². The van der Waals surface area contributed by atoms with Gasteiger partial charge in [-0.1, -0.05) is 67.6 Å². The molecule has 0 bridgehead atoms. The Hall–Kier alpha value is -3.34. The maximum atomic E-state index is 12.7. The Morgan fingerprint density at radius 1 is 1.07 bits per heavy atom. The molecule has 0 spiro atoms. The van der Waals surface area contributed by atoms with Gasteiger partial charge in [-0.3, -0.25) is 0 Å². The highest BCUT2D eigenvalue weighted by atomic mass is 16.5. The van der Waals surface area contributed by atoms with Gasteiger partial charge in [0.2, 0.25) is 0 Å². The largest absolute Gasteiger partial charge is 0.486 e. The van der Waals surface area contributed by atoms with Crippen molar-refractivity contribution in [1.82, 2.24) is 5.01 Å². The van der Waals surface area contributed by atoms with E-state index < -0.39 is 5.97 Å². The Labute approximate surface area is 165 Å². The lowest BCUT2D eigenvalue weighted by Gasteiger charge is -2.32. The Kier molecular flexibility index (Phi) is 6.27. The molecule has 0 saturated carbocycles. The minimum atomic E-state index is -0.495. The Morgan fingerprint density at radius 2 is 1.75 bits per heavy atom. The molecule has 1 heterocycles. The summed E-state index contributed by atoms with van der Waals surface area (Å²) < 4.78 is 11.2. The van der Waals surface area contributed by atoms with Crippen LogP contribution < -0.4 is 0 Å². The van der Waals surface area contributed by atoms with Gasteiger partial charge in [0, 0.05) is 17.3 Å². The first kappa shape index (κ1) is 19.4. The molecule has 144 valence electrons. The lowest BCUT2D eigenvalue weighted by molar-refractivity contribution is -0.137.